The van der Waals surface area contributed by atoms with Gasteiger partial charge in [0, 0.05) is 26.2 Å². The second-order valence-electron chi connectivity index (χ2n) is 7.41. The van der Waals surface area contributed by atoms with Crippen molar-refractivity contribution in [3.05, 3.63) is 59.9 Å². The van der Waals surface area contributed by atoms with Gasteiger partial charge in [0.15, 0.2) is 5.13 Å². The van der Waals surface area contributed by atoms with Crippen LogP contribution in [0.25, 0.3) is 10.2 Å². The molecule has 0 bridgehead atoms. The van der Waals surface area contributed by atoms with E-state index in [1.807, 2.05) is 18.2 Å². The minimum absolute atomic E-state index is 0.188. The molecule has 0 spiro atoms. The molecule has 156 valence electrons. The molecular formula is C22H23FN4O2S. The first-order chi connectivity index (χ1) is 14.6. The highest BCUT2D eigenvalue weighted by molar-refractivity contribution is 7.22. The fourth-order valence-corrected chi connectivity index (χ4v) is 4.52. The summed E-state index contributed by atoms with van der Waals surface area (Å²) in [6, 6.07) is 13.9. The number of piperidine rings is 1. The molecule has 0 radical (unpaired) electrons. The number of rotatable bonds is 5. The Morgan fingerprint density at radius 1 is 1.03 bits per heavy atom. The quantitative estimate of drug-likeness (QED) is 0.615. The number of carbonyl (C=O) groups is 2. The molecule has 1 fully saturated rings. The van der Waals surface area contributed by atoms with Gasteiger partial charge in [-0.2, -0.15) is 0 Å². The van der Waals surface area contributed by atoms with Gasteiger partial charge in [0.25, 0.3) is 0 Å². The van der Waals surface area contributed by atoms with E-state index in [2.05, 4.69) is 21.6 Å². The van der Waals surface area contributed by atoms with Crippen LogP contribution < -0.4 is 15.5 Å². The SMILES string of the molecule is O=C(NCc1ccc(F)cc1)C(=O)NCC1CCN(c2nc3ccccc3s2)CC1. The highest BCUT2D eigenvalue weighted by Crippen LogP contribution is 2.31. The van der Waals surface area contributed by atoms with Crippen molar-refractivity contribution < 1.29 is 14.0 Å². The zero-order valence-corrected chi connectivity index (χ0v) is 17.3. The molecule has 1 saturated heterocycles. The molecule has 2 heterocycles. The smallest absolute Gasteiger partial charge is 0.309 e. The maximum Gasteiger partial charge on any atom is 0.309 e. The minimum atomic E-state index is -0.675. The van der Waals surface area contributed by atoms with Gasteiger partial charge in [0.05, 0.1) is 10.2 Å². The van der Waals surface area contributed by atoms with Crippen LogP contribution in [-0.2, 0) is 16.1 Å². The number of hydrogen-bond donors (Lipinski definition) is 2. The summed E-state index contributed by atoms with van der Waals surface area (Å²) in [5.74, 6) is -1.31. The normalized spacial score (nSPS) is 14.6. The monoisotopic (exact) mass is 426 g/mol. The first-order valence-electron chi connectivity index (χ1n) is 9.99. The minimum Gasteiger partial charge on any atom is -0.348 e. The molecule has 3 aromatic rings. The third-order valence-corrected chi connectivity index (χ3v) is 6.39. The third-order valence-electron chi connectivity index (χ3n) is 5.29. The summed E-state index contributed by atoms with van der Waals surface area (Å²) in [6.45, 7) is 2.44. The second-order valence-corrected chi connectivity index (χ2v) is 8.42. The van der Waals surface area contributed by atoms with E-state index in [4.69, 9.17) is 4.98 Å². The molecular weight excluding hydrogens is 403 g/mol. The number of fused-ring (bicyclic) bond motifs is 1. The van der Waals surface area contributed by atoms with Crippen LogP contribution in [0.3, 0.4) is 0 Å². The Labute approximate surface area is 178 Å². The Kier molecular flexibility index (Phi) is 6.23. The molecule has 4 rings (SSSR count). The molecule has 8 heteroatoms. The average Bonchev–Trinajstić information content (AvgIpc) is 3.21. The van der Waals surface area contributed by atoms with Crippen molar-refractivity contribution in [3.63, 3.8) is 0 Å². The van der Waals surface area contributed by atoms with E-state index < -0.39 is 11.8 Å². The molecule has 2 N–H and O–H groups in total. The lowest BCUT2D eigenvalue weighted by Gasteiger charge is -2.31. The van der Waals surface area contributed by atoms with Crippen LogP contribution in [0.4, 0.5) is 9.52 Å². The molecule has 2 aromatic carbocycles. The predicted octanol–water partition coefficient (Wildman–Crippen LogP) is 3.08. The van der Waals surface area contributed by atoms with Crippen molar-refractivity contribution >= 4 is 38.5 Å². The predicted molar refractivity (Wildman–Crippen MR) is 116 cm³/mol. The second kappa shape index (κ2) is 9.21. The van der Waals surface area contributed by atoms with E-state index in [1.165, 1.54) is 16.8 Å². The van der Waals surface area contributed by atoms with E-state index in [1.54, 1.807) is 23.5 Å². The summed E-state index contributed by atoms with van der Waals surface area (Å²) in [5, 5.41) is 6.33. The van der Waals surface area contributed by atoms with Crippen molar-refractivity contribution in [2.45, 2.75) is 19.4 Å². The van der Waals surface area contributed by atoms with Crippen LogP contribution in [0.1, 0.15) is 18.4 Å². The van der Waals surface area contributed by atoms with Crippen molar-refractivity contribution in [1.82, 2.24) is 15.6 Å². The summed E-state index contributed by atoms with van der Waals surface area (Å²) in [7, 11) is 0. The van der Waals surface area contributed by atoms with Crippen LogP contribution in [0.15, 0.2) is 48.5 Å². The average molecular weight is 427 g/mol. The van der Waals surface area contributed by atoms with Crippen molar-refractivity contribution in [2.24, 2.45) is 5.92 Å². The maximum absolute atomic E-state index is 12.9. The van der Waals surface area contributed by atoms with Gasteiger partial charge in [0.2, 0.25) is 0 Å². The highest BCUT2D eigenvalue weighted by atomic mass is 32.1. The van der Waals surface area contributed by atoms with Gasteiger partial charge < -0.3 is 15.5 Å². The lowest BCUT2D eigenvalue weighted by molar-refractivity contribution is -0.139. The summed E-state index contributed by atoms with van der Waals surface area (Å²) in [5.41, 5.74) is 1.76. The first-order valence-corrected chi connectivity index (χ1v) is 10.8. The van der Waals surface area contributed by atoms with Gasteiger partial charge >= 0.3 is 11.8 Å². The van der Waals surface area contributed by atoms with E-state index in [0.717, 1.165) is 42.1 Å². The molecule has 0 unspecified atom stereocenters. The van der Waals surface area contributed by atoms with Crippen molar-refractivity contribution in [3.8, 4) is 0 Å². The molecule has 1 aromatic heterocycles. The van der Waals surface area contributed by atoms with E-state index in [0.29, 0.717) is 12.5 Å². The lowest BCUT2D eigenvalue weighted by Crippen LogP contribution is -2.43. The zero-order chi connectivity index (χ0) is 20.9. The van der Waals surface area contributed by atoms with E-state index in [-0.39, 0.29) is 12.4 Å². The Bertz CT molecular complexity index is 996. The number of nitrogens with zero attached hydrogens (tertiary/aromatic N) is 2. The number of nitrogens with one attached hydrogen (secondary N) is 2. The topological polar surface area (TPSA) is 74.3 Å². The van der Waals surface area contributed by atoms with E-state index in [9.17, 15) is 14.0 Å². The number of carbonyl (C=O) groups excluding carboxylic acids is 2. The number of amides is 2. The number of para-hydroxylation sites is 1. The Morgan fingerprint density at radius 2 is 1.73 bits per heavy atom. The first kappa shape index (κ1) is 20.3. The van der Waals surface area contributed by atoms with Crippen molar-refractivity contribution in [1.29, 1.82) is 0 Å². The summed E-state index contributed by atoms with van der Waals surface area (Å²) >= 11 is 1.70. The van der Waals surface area contributed by atoms with Gasteiger partial charge in [-0.1, -0.05) is 35.6 Å². The Balaban J connectivity index is 1.19. The summed E-state index contributed by atoms with van der Waals surface area (Å²) in [4.78, 5) is 31.0. The standard InChI is InChI=1S/C22H23FN4O2S/c23-17-7-5-15(6-8-17)13-24-20(28)21(29)25-14-16-9-11-27(12-10-16)22-26-18-3-1-2-4-19(18)30-22/h1-8,16H,9-14H2,(H,24,28)(H,25,29). The van der Waals surface area contributed by atoms with Crippen molar-refractivity contribution in [2.75, 3.05) is 24.5 Å². The summed E-state index contributed by atoms with van der Waals surface area (Å²) < 4.78 is 14.1. The largest absolute Gasteiger partial charge is 0.348 e. The fourth-order valence-electron chi connectivity index (χ4n) is 3.51. The lowest BCUT2D eigenvalue weighted by atomic mass is 9.97. The Hall–Kier alpha value is -3.00. The Morgan fingerprint density at radius 3 is 2.47 bits per heavy atom. The van der Waals surface area contributed by atoms with E-state index >= 15 is 0 Å². The molecule has 2 amide bonds. The number of thiazole rings is 1. The number of anilines is 1. The molecule has 1 aliphatic heterocycles. The zero-order valence-electron chi connectivity index (χ0n) is 16.4. The van der Waals surface area contributed by atoms with Crippen LogP contribution in [0, 0.1) is 11.7 Å². The fraction of sp³-hybridized carbons (Fsp3) is 0.318. The number of aromatic nitrogens is 1. The molecule has 6 nitrogen and oxygen atoms in total. The van der Waals surface area contributed by atoms with Crippen LogP contribution in [0.2, 0.25) is 0 Å². The van der Waals surface area contributed by atoms with Gasteiger partial charge in [-0.25, -0.2) is 9.37 Å². The van der Waals surface area contributed by atoms with Crippen LogP contribution in [-0.4, -0.2) is 36.4 Å². The number of benzene rings is 2. The molecule has 30 heavy (non-hydrogen) atoms. The molecule has 0 aliphatic carbocycles. The van der Waals surface area contributed by atoms with Crippen LogP contribution >= 0.6 is 11.3 Å². The van der Waals surface area contributed by atoms with Gasteiger partial charge in [-0.3, -0.25) is 9.59 Å². The number of hydrogen-bond acceptors (Lipinski definition) is 5. The summed E-state index contributed by atoms with van der Waals surface area (Å²) in [6.07, 6.45) is 1.88. The highest BCUT2D eigenvalue weighted by Gasteiger charge is 2.23. The van der Waals surface area contributed by atoms with Gasteiger partial charge in [0.1, 0.15) is 5.82 Å². The number of halogens is 1. The van der Waals surface area contributed by atoms with Crippen LogP contribution in [0.5, 0.6) is 0 Å². The maximum atomic E-state index is 12.9. The molecule has 0 atom stereocenters. The van der Waals surface area contributed by atoms with Gasteiger partial charge in [-0.05, 0) is 48.6 Å². The molecule has 1 aliphatic rings. The third kappa shape index (κ3) is 4.94. The van der Waals surface area contributed by atoms with Gasteiger partial charge in [-0.15, -0.1) is 0 Å². The molecule has 0 saturated carbocycles.